The number of aromatic nitrogens is 1. The normalized spacial score (nSPS) is 9.13. The molecule has 0 saturated carbocycles. The molecule has 0 aliphatic carbocycles. The number of benzene rings is 1. The van der Waals surface area contributed by atoms with Crippen molar-refractivity contribution in [3.05, 3.63) is 47.7 Å². The highest BCUT2D eigenvalue weighted by Gasteiger charge is 2.07. The lowest BCUT2D eigenvalue weighted by Crippen LogP contribution is -2.00. The molecule has 0 radical (unpaired) electrons. The molecule has 7 heteroatoms. The zero-order chi connectivity index (χ0) is 17.2. The first kappa shape index (κ1) is 17.9. The Morgan fingerprint density at radius 3 is 2.43 bits per heavy atom. The molecule has 1 heterocycles. The van der Waals surface area contributed by atoms with Gasteiger partial charge in [-0.3, -0.25) is 4.79 Å². The van der Waals surface area contributed by atoms with E-state index in [1.165, 1.54) is 6.20 Å². The quantitative estimate of drug-likeness (QED) is 0.902. The monoisotopic (exact) mass is 317 g/mol. The third kappa shape index (κ3) is 5.99. The maximum Gasteiger partial charge on any atom is 0.373 e. The van der Waals surface area contributed by atoms with Gasteiger partial charge in [-0.25, -0.2) is 4.98 Å². The molecule has 0 saturated heterocycles. The summed E-state index contributed by atoms with van der Waals surface area (Å²) in [5.74, 6) is 0.694. The topological polar surface area (TPSA) is 103 Å². The van der Waals surface area contributed by atoms with Crippen LogP contribution in [0.4, 0.5) is 0 Å². The molecule has 1 aromatic heterocycles. The van der Waals surface area contributed by atoms with E-state index < -0.39 is 5.97 Å². The molecule has 1 N–H and O–H groups in total. The van der Waals surface area contributed by atoms with E-state index in [0.717, 1.165) is 5.56 Å². The van der Waals surface area contributed by atoms with Crippen LogP contribution in [-0.2, 0) is 20.8 Å². The van der Waals surface area contributed by atoms with Crippen LogP contribution in [0.5, 0.6) is 17.4 Å². The standard InChI is InChI=1S/C15H15NO4.CO2/c1-10-3-5-12(13(7-10)19-2)20-14-6-4-11(9-16-14)8-15(17)18;2-1-3/h3-7,9H,8H2,1-2H3,(H,17,18);. The summed E-state index contributed by atoms with van der Waals surface area (Å²) in [6, 6.07) is 8.90. The van der Waals surface area contributed by atoms with Crippen molar-refractivity contribution in [3.63, 3.8) is 0 Å². The Bertz CT molecular complexity index is 690. The third-order valence-corrected chi connectivity index (χ3v) is 2.69. The van der Waals surface area contributed by atoms with Crippen LogP contribution in [0.15, 0.2) is 36.5 Å². The van der Waals surface area contributed by atoms with Gasteiger partial charge in [0.25, 0.3) is 0 Å². The molecular weight excluding hydrogens is 302 g/mol. The second-order valence-electron chi connectivity index (χ2n) is 4.41. The third-order valence-electron chi connectivity index (χ3n) is 2.69. The first-order valence-electron chi connectivity index (χ1n) is 6.48. The number of aliphatic carboxylic acids is 1. The van der Waals surface area contributed by atoms with E-state index in [2.05, 4.69) is 4.98 Å². The molecule has 0 fully saturated rings. The molecule has 7 nitrogen and oxygen atoms in total. The number of carboxylic acid groups (broad SMARTS) is 1. The van der Waals surface area contributed by atoms with Gasteiger partial charge in [-0.05, 0) is 30.2 Å². The Morgan fingerprint density at radius 2 is 1.91 bits per heavy atom. The molecule has 0 spiro atoms. The first-order valence-corrected chi connectivity index (χ1v) is 6.48. The van der Waals surface area contributed by atoms with Crippen LogP contribution >= 0.6 is 0 Å². The van der Waals surface area contributed by atoms with Crippen LogP contribution in [0.2, 0.25) is 0 Å². The van der Waals surface area contributed by atoms with Gasteiger partial charge < -0.3 is 14.6 Å². The molecule has 2 aromatic rings. The van der Waals surface area contributed by atoms with Crippen molar-refractivity contribution in [2.45, 2.75) is 13.3 Å². The molecule has 23 heavy (non-hydrogen) atoms. The summed E-state index contributed by atoms with van der Waals surface area (Å²) in [5, 5.41) is 8.69. The molecule has 0 aliphatic rings. The number of carbonyl (C=O) groups excluding carboxylic acids is 2. The highest BCUT2D eigenvalue weighted by atomic mass is 16.5. The minimum absolute atomic E-state index is 0.0544. The molecular formula is C16H15NO6. The molecule has 0 bridgehead atoms. The first-order chi connectivity index (χ1) is 11.0. The number of carboxylic acids is 1. The van der Waals surface area contributed by atoms with Crippen molar-refractivity contribution in [1.29, 1.82) is 0 Å². The number of nitrogens with zero attached hydrogens (tertiary/aromatic N) is 1. The van der Waals surface area contributed by atoms with E-state index in [0.29, 0.717) is 22.9 Å². The van der Waals surface area contributed by atoms with Gasteiger partial charge >= 0.3 is 12.1 Å². The largest absolute Gasteiger partial charge is 0.493 e. The fourth-order valence-electron chi connectivity index (χ4n) is 1.72. The number of carbonyl (C=O) groups is 1. The average molecular weight is 317 g/mol. The van der Waals surface area contributed by atoms with E-state index >= 15 is 0 Å². The molecule has 120 valence electrons. The van der Waals surface area contributed by atoms with Crippen LogP contribution in [0.25, 0.3) is 0 Å². The maximum absolute atomic E-state index is 10.6. The highest BCUT2D eigenvalue weighted by Crippen LogP contribution is 2.31. The van der Waals surface area contributed by atoms with Gasteiger partial charge in [0, 0.05) is 12.3 Å². The summed E-state index contributed by atoms with van der Waals surface area (Å²) in [4.78, 5) is 30.9. The minimum Gasteiger partial charge on any atom is -0.493 e. The summed E-state index contributed by atoms with van der Waals surface area (Å²) in [6.07, 6.45) is 1.69. The molecule has 2 rings (SSSR count). The number of aryl methyl sites for hydroxylation is 1. The molecule has 0 atom stereocenters. The lowest BCUT2D eigenvalue weighted by molar-refractivity contribution is -0.191. The summed E-state index contributed by atoms with van der Waals surface area (Å²) in [6.45, 7) is 1.96. The second kappa shape index (κ2) is 8.96. The Kier molecular flexibility index (Phi) is 6.97. The van der Waals surface area contributed by atoms with E-state index in [9.17, 15) is 4.79 Å². The van der Waals surface area contributed by atoms with Gasteiger partial charge in [0.1, 0.15) is 0 Å². The number of hydrogen-bond donors (Lipinski definition) is 1. The van der Waals surface area contributed by atoms with Gasteiger partial charge in [0.2, 0.25) is 5.88 Å². The van der Waals surface area contributed by atoms with Gasteiger partial charge in [-0.2, -0.15) is 9.59 Å². The Balaban J connectivity index is 0.000000816. The number of methoxy groups -OCH3 is 1. The van der Waals surface area contributed by atoms with Gasteiger partial charge in [-0.1, -0.05) is 12.1 Å². The summed E-state index contributed by atoms with van der Waals surface area (Å²) >= 11 is 0. The number of ether oxygens (including phenoxy) is 2. The van der Waals surface area contributed by atoms with E-state index in [-0.39, 0.29) is 12.6 Å². The van der Waals surface area contributed by atoms with Crippen LogP contribution < -0.4 is 9.47 Å². The number of hydrogen-bond acceptors (Lipinski definition) is 6. The Hall–Kier alpha value is -3.18. The van der Waals surface area contributed by atoms with E-state index in [1.807, 2.05) is 19.1 Å². The van der Waals surface area contributed by atoms with Gasteiger partial charge in [0.15, 0.2) is 11.5 Å². The van der Waals surface area contributed by atoms with Crippen molar-refractivity contribution in [2.24, 2.45) is 0 Å². The predicted octanol–water partition coefficient (Wildman–Crippen LogP) is 2.23. The van der Waals surface area contributed by atoms with Crippen LogP contribution in [0, 0.1) is 6.92 Å². The SMILES string of the molecule is COc1cc(C)ccc1Oc1ccc(CC(=O)O)cn1.O=C=O. The summed E-state index contributed by atoms with van der Waals surface area (Å²) in [5.41, 5.74) is 1.69. The number of pyridine rings is 1. The van der Waals surface area contributed by atoms with Crippen LogP contribution in [0.3, 0.4) is 0 Å². The average Bonchev–Trinajstić information content (AvgIpc) is 2.51. The van der Waals surface area contributed by atoms with Crippen LogP contribution in [-0.4, -0.2) is 29.3 Å². The Labute approximate surface area is 132 Å². The number of rotatable bonds is 5. The van der Waals surface area contributed by atoms with Crippen molar-refractivity contribution in [2.75, 3.05) is 7.11 Å². The van der Waals surface area contributed by atoms with E-state index in [1.54, 1.807) is 25.3 Å². The molecule has 0 amide bonds. The van der Waals surface area contributed by atoms with E-state index in [4.69, 9.17) is 24.2 Å². The fraction of sp³-hybridized carbons (Fsp3) is 0.188. The summed E-state index contributed by atoms with van der Waals surface area (Å²) < 4.78 is 10.9. The van der Waals surface area contributed by atoms with Crippen molar-refractivity contribution in [1.82, 2.24) is 4.98 Å². The predicted molar refractivity (Wildman–Crippen MR) is 78.4 cm³/mol. The zero-order valence-corrected chi connectivity index (χ0v) is 12.6. The lowest BCUT2D eigenvalue weighted by atomic mass is 10.2. The van der Waals surface area contributed by atoms with Gasteiger partial charge in [-0.15, -0.1) is 0 Å². The fourth-order valence-corrected chi connectivity index (χ4v) is 1.72. The van der Waals surface area contributed by atoms with Gasteiger partial charge in [0.05, 0.1) is 13.5 Å². The lowest BCUT2D eigenvalue weighted by Gasteiger charge is -2.10. The zero-order valence-electron chi connectivity index (χ0n) is 12.6. The molecule has 0 aliphatic heterocycles. The Morgan fingerprint density at radius 1 is 1.22 bits per heavy atom. The second-order valence-corrected chi connectivity index (χ2v) is 4.41. The van der Waals surface area contributed by atoms with Crippen molar-refractivity contribution in [3.8, 4) is 17.4 Å². The maximum atomic E-state index is 10.6. The minimum atomic E-state index is -0.888. The highest BCUT2D eigenvalue weighted by molar-refractivity contribution is 5.70. The van der Waals surface area contributed by atoms with Crippen LogP contribution in [0.1, 0.15) is 11.1 Å². The molecule has 0 unspecified atom stereocenters. The molecule has 1 aromatic carbocycles. The summed E-state index contributed by atoms with van der Waals surface area (Å²) in [7, 11) is 1.57. The smallest absolute Gasteiger partial charge is 0.373 e. The van der Waals surface area contributed by atoms with Crippen molar-refractivity contribution >= 4 is 12.1 Å². The van der Waals surface area contributed by atoms with Crippen molar-refractivity contribution < 1.29 is 29.0 Å².